The van der Waals surface area contributed by atoms with E-state index in [-0.39, 0.29) is 0 Å². The first-order valence-electron chi connectivity index (χ1n) is 21.3. The van der Waals surface area contributed by atoms with Gasteiger partial charge in [0, 0.05) is 38.9 Å². The molecule has 0 saturated heterocycles. The van der Waals surface area contributed by atoms with Crippen LogP contribution in [0.15, 0.2) is 243 Å². The molecule has 62 heavy (non-hydrogen) atoms. The maximum atomic E-state index is 2.44. The molecule has 11 aromatic carbocycles. The topological polar surface area (TPSA) is 8.17 Å². The molecule has 1 heterocycles. The van der Waals surface area contributed by atoms with Crippen LogP contribution in [0.2, 0.25) is 0 Å². The van der Waals surface area contributed by atoms with Gasteiger partial charge < -0.3 is 9.47 Å². The van der Waals surface area contributed by atoms with Crippen LogP contribution in [0.25, 0.3) is 93.2 Å². The van der Waals surface area contributed by atoms with E-state index in [0.29, 0.717) is 0 Å². The molecule has 0 bridgehead atoms. The average Bonchev–Trinajstić information content (AvgIpc) is 3.69. The number of hydrogen-bond acceptors (Lipinski definition) is 1. The molecule has 0 aliphatic rings. The fourth-order valence-electron chi connectivity index (χ4n) is 9.49. The van der Waals surface area contributed by atoms with Crippen molar-refractivity contribution in [2.24, 2.45) is 0 Å². The van der Waals surface area contributed by atoms with Crippen molar-refractivity contribution in [2.45, 2.75) is 0 Å². The van der Waals surface area contributed by atoms with Gasteiger partial charge in [0.15, 0.2) is 0 Å². The fraction of sp³-hybridized carbons (Fsp3) is 0. The number of nitrogens with zero attached hydrogens (tertiary/aromatic N) is 2. The number of anilines is 3. The Morgan fingerprint density at radius 3 is 1.44 bits per heavy atom. The highest BCUT2D eigenvalue weighted by Gasteiger charge is 2.18. The third-order valence-corrected chi connectivity index (χ3v) is 12.5. The van der Waals surface area contributed by atoms with Crippen LogP contribution >= 0.6 is 0 Å². The van der Waals surface area contributed by atoms with Crippen LogP contribution in [0.5, 0.6) is 0 Å². The Morgan fingerprint density at radius 1 is 0.274 bits per heavy atom. The van der Waals surface area contributed by atoms with Gasteiger partial charge in [-0.15, -0.1) is 0 Å². The van der Waals surface area contributed by atoms with E-state index in [1.165, 1.54) is 87.5 Å². The average molecular weight is 789 g/mol. The molecular formula is C60H40N2. The van der Waals surface area contributed by atoms with E-state index in [0.717, 1.165) is 22.7 Å². The number of fused-ring (bicyclic) bond motifs is 7. The van der Waals surface area contributed by atoms with E-state index in [1.54, 1.807) is 0 Å². The van der Waals surface area contributed by atoms with Crippen LogP contribution in [0.1, 0.15) is 0 Å². The minimum absolute atomic E-state index is 1.10. The summed E-state index contributed by atoms with van der Waals surface area (Å²) in [6.45, 7) is 0. The minimum atomic E-state index is 1.10. The maximum absolute atomic E-state index is 2.44. The molecule has 0 radical (unpaired) electrons. The van der Waals surface area contributed by atoms with Gasteiger partial charge in [-0.1, -0.05) is 176 Å². The number of hydrogen-bond donors (Lipinski definition) is 0. The van der Waals surface area contributed by atoms with E-state index in [9.17, 15) is 0 Å². The molecule has 0 unspecified atom stereocenters. The second-order valence-corrected chi connectivity index (χ2v) is 16.2. The molecule has 0 amide bonds. The first-order valence-corrected chi connectivity index (χ1v) is 21.3. The summed E-state index contributed by atoms with van der Waals surface area (Å²) in [5.41, 5.74) is 14.1. The monoisotopic (exact) mass is 788 g/mol. The molecule has 290 valence electrons. The molecule has 0 atom stereocenters. The largest absolute Gasteiger partial charge is 0.310 e. The maximum Gasteiger partial charge on any atom is 0.0619 e. The summed E-state index contributed by atoms with van der Waals surface area (Å²) < 4.78 is 2.44. The standard InChI is InChI=1S/C60H40N2/c1-3-14-43(15-4-1)57-38-47-18-9-10-19-48(47)39-58(57)45-26-32-52(33-27-45)61(53-34-25-41-13-7-8-17-46(41)37-53)51-30-23-42(24-31-51)49-29-35-55-56-36-28-44-16-11-12-22-54(44)60(56)62(59(55)40-49)50-20-5-2-6-21-50/h1-40H. The second-order valence-electron chi connectivity index (χ2n) is 16.2. The van der Waals surface area contributed by atoms with Crippen molar-refractivity contribution >= 4 is 71.2 Å². The van der Waals surface area contributed by atoms with Crippen molar-refractivity contribution in [2.75, 3.05) is 4.90 Å². The Bertz CT molecular complexity index is 3600. The lowest BCUT2D eigenvalue weighted by Crippen LogP contribution is -2.09. The summed E-state index contributed by atoms with van der Waals surface area (Å²) in [5.74, 6) is 0. The molecule has 12 rings (SSSR count). The summed E-state index contributed by atoms with van der Waals surface area (Å²) in [5, 5.41) is 9.92. The number of aromatic nitrogens is 1. The summed E-state index contributed by atoms with van der Waals surface area (Å²) in [4.78, 5) is 2.38. The molecule has 0 aliphatic carbocycles. The van der Waals surface area contributed by atoms with Gasteiger partial charge in [0.05, 0.1) is 11.0 Å². The van der Waals surface area contributed by atoms with Crippen LogP contribution in [0, 0.1) is 0 Å². The third-order valence-electron chi connectivity index (χ3n) is 12.5. The van der Waals surface area contributed by atoms with Crippen molar-refractivity contribution < 1.29 is 0 Å². The normalized spacial score (nSPS) is 11.5. The quantitative estimate of drug-likeness (QED) is 0.156. The van der Waals surface area contributed by atoms with E-state index < -0.39 is 0 Å². The van der Waals surface area contributed by atoms with Crippen molar-refractivity contribution in [3.8, 4) is 39.1 Å². The zero-order valence-corrected chi connectivity index (χ0v) is 34.0. The molecule has 0 N–H and O–H groups in total. The van der Waals surface area contributed by atoms with Crippen LogP contribution in [0.3, 0.4) is 0 Å². The first-order chi connectivity index (χ1) is 30.7. The number of para-hydroxylation sites is 1. The van der Waals surface area contributed by atoms with Crippen molar-refractivity contribution in [3.63, 3.8) is 0 Å². The lowest BCUT2D eigenvalue weighted by atomic mass is 9.91. The molecule has 2 nitrogen and oxygen atoms in total. The Hall–Kier alpha value is -8.20. The van der Waals surface area contributed by atoms with Gasteiger partial charge >= 0.3 is 0 Å². The van der Waals surface area contributed by atoms with E-state index in [1.807, 2.05) is 0 Å². The first kappa shape index (κ1) is 35.7. The minimum Gasteiger partial charge on any atom is -0.310 e. The summed E-state index contributed by atoms with van der Waals surface area (Å²) in [7, 11) is 0. The summed E-state index contributed by atoms with van der Waals surface area (Å²) >= 11 is 0. The van der Waals surface area contributed by atoms with Gasteiger partial charge in [0.1, 0.15) is 0 Å². The van der Waals surface area contributed by atoms with Crippen LogP contribution in [0.4, 0.5) is 17.1 Å². The van der Waals surface area contributed by atoms with E-state index in [2.05, 4.69) is 252 Å². The smallest absolute Gasteiger partial charge is 0.0619 e. The van der Waals surface area contributed by atoms with E-state index >= 15 is 0 Å². The van der Waals surface area contributed by atoms with Gasteiger partial charge in [-0.3, -0.25) is 0 Å². The van der Waals surface area contributed by atoms with Crippen LogP contribution < -0.4 is 4.90 Å². The molecule has 0 spiro atoms. The Morgan fingerprint density at radius 2 is 0.758 bits per heavy atom. The SMILES string of the molecule is c1ccc(-c2cc3ccccc3cc2-c2ccc(N(c3ccc(-c4ccc5c6ccc7ccccc7c6n(-c6ccccc6)c5c4)cc3)c3ccc4ccccc4c3)cc2)cc1. The van der Waals surface area contributed by atoms with Gasteiger partial charge in [0.2, 0.25) is 0 Å². The molecule has 2 heteroatoms. The van der Waals surface area contributed by atoms with Gasteiger partial charge in [-0.05, 0) is 127 Å². The lowest BCUT2D eigenvalue weighted by molar-refractivity contribution is 1.19. The summed E-state index contributed by atoms with van der Waals surface area (Å²) in [6.07, 6.45) is 0. The molecule has 12 aromatic rings. The predicted molar refractivity (Wildman–Crippen MR) is 264 cm³/mol. The highest BCUT2D eigenvalue weighted by molar-refractivity contribution is 6.19. The predicted octanol–water partition coefficient (Wildman–Crippen LogP) is 16.7. The number of rotatable bonds is 7. The Labute approximate surface area is 360 Å². The zero-order chi connectivity index (χ0) is 41.0. The van der Waals surface area contributed by atoms with Gasteiger partial charge in [0.25, 0.3) is 0 Å². The van der Waals surface area contributed by atoms with Crippen molar-refractivity contribution in [3.05, 3.63) is 243 Å². The Balaban J connectivity index is 0.968. The Kier molecular flexibility index (Phi) is 8.53. The molecule has 0 saturated carbocycles. The van der Waals surface area contributed by atoms with Crippen molar-refractivity contribution in [1.29, 1.82) is 0 Å². The molecular weight excluding hydrogens is 749 g/mol. The zero-order valence-electron chi connectivity index (χ0n) is 34.0. The fourth-order valence-corrected chi connectivity index (χ4v) is 9.49. The van der Waals surface area contributed by atoms with Crippen LogP contribution in [-0.2, 0) is 0 Å². The van der Waals surface area contributed by atoms with E-state index in [4.69, 9.17) is 0 Å². The third kappa shape index (κ3) is 6.12. The molecule has 0 aliphatic heterocycles. The molecule has 0 fully saturated rings. The molecule has 1 aromatic heterocycles. The lowest BCUT2D eigenvalue weighted by Gasteiger charge is -2.26. The van der Waals surface area contributed by atoms with Crippen molar-refractivity contribution in [1.82, 2.24) is 4.57 Å². The number of benzene rings is 11. The van der Waals surface area contributed by atoms with Gasteiger partial charge in [-0.2, -0.15) is 0 Å². The van der Waals surface area contributed by atoms with Crippen LogP contribution in [-0.4, -0.2) is 4.57 Å². The second kappa shape index (κ2) is 14.8. The van der Waals surface area contributed by atoms with Gasteiger partial charge in [-0.25, -0.2) is 0 Å². The highest BCUT2D eigenvalue weighted by atomic mass is 15.1. The summed E-state index contributed by atoms with van der Waals surface area (Å²) in [6, 6.07) is 88.5. The highest BCUT2D eigenvalue weighted by Crippen LogP contribution is 2.42.